The van der Waals surface area contributed by atoms with Gasteiger partial charge in [0.25, 0.3) is 0 Å². The Morgan fingerprint density at radius 3 is 2.95 bits per heavy atom. The first-order valence-corrected chi connectivity index (χ1v) is 7.64. The van der Waals surface area contributed by atoms with Gasteiger partial charge in [-0.25, -0.2) is 0 Å². The molecule has 3 atom stereocenters. The second-order valence-corrected chi connectivity index (χ2v) is 6.47. The zero-order valence-corrected chi connectivity index (χ0v) is 12.4. The highest BCUT2D eigenvalue weighted by Crippen LogP contribution is 2.47. The van der Waals surface area contributed by atoms with Gasteiger partial charge in [-0.3, -0.25) is 0 Å². The summed E-state index contributed by atoms with van der Waals surface area (Å²) in [6.07, 6.45) is 6.59. The highest BCUT2D eigenvalue weighted by Gasteiger charge is 2.34. The van der Waals surface area contributed by atoms with Crippen molar-refractivity contribution in [1.82, 2.24) is 0 Å². The second-order valence-electron chi connectivity index (χ2n) is 5.08. The SMILES string of the molecule is COc1cccc2c1S[C@@H](C)[C@H](C1C=CC(O)=CC1)O2. The fourth-order valence-electron chi connectivity index (χ4n) is 2.67. The molecule has 0 bridgehead atoms. The number of thioether (sulfide) groups is 1. The molecule has 0 aromatic heterocycles. The number of hydrogen-bond acceptors (Lipinski definition) is 4. The fraction of sp³-hybridized carbons (Fsp3) is 0.375. The maximum atomic E-state index is 9.43. The number of hydrogen-bond donors (Lipinski definition) is 1. The molecule has 2 aliphatic rings. The number of fused-ring (bicyclic) bond motifs is 1. The van der Waals surface area contributed by atoms with E-state index in [2.05, 4.69) is 6.92 Å². The van der Waals surface area contributed by atoms with Crippen LogP contribution in [0.3, 0.4) is 0 Å². The van der Waals surface area contributed by atoms with Gasteiger partial charge >= 0.3 is 0 Å². The first-order valence-electron chi connectivity index (χ1n) is 6.76. The molecule has 0 spiro atoms. The molecule has 1 unspecified atom stereocenters. The number of rotatable bonds is 2. The summed E-state index contributed by atoms with van der Waals surface area (Å²) in [6.45, 7) is 2.18. The van der Waals surface area contributed by atoms with Crippen molar-refractivity contribution in [1.29, 1.82) is 0 Å². The Morgan fingerprint density at radius 2 is 2.25 bits per heavy atom. The van der Waals surface area contributed by atoms with Crippen molar-refractivity contribution in [3.8, 4) is 11.5 Å². The lowest BCUT2D eigenvalue weighted by atomic mass is 9.92. The third-order valence-electron chi connectivity index (χ3n) is 3.73. The number of benzene rings is 1. The van der Waals surface area contributed by atoms with Gasteiger partial charge in [-0.15, -0.1) is 11.8 Å². The highest BCUT2D eigenvalue weighted by atomic mass is 32.2. The first-order chi connectivity index (χ1) is 9.69. The van der Waals surface area contributed by atoms with Crippen molar-refractivity contribution in [2.24, 2.45) is 5.92 Å². The molecule has 1 heterocycles. The van der Waals surface area contributed by atoms with Crippen molar-refractivity contribution < 1.29 is 14.6 Å². The number of methoxy groups -OCH3 is 1. The van der Waals surface area contributed by atoms with E-state index in [0.29, 0.717) is 16.9 Å². The lowest BCUT2D eigenvalue weighted by molar-refractivity contribution is 0.146. The molecule has 20 heavy (non-hydrogen) atoms. The van der Waals surface area contributed by atoms with Crippen LogP contribution in [0.25, 0.3) is 0 Å². The predicted octanol–water partition coefficient (Wildman–Crippen LogP) is 3.95. The fourth-order valence-corrected chi connectivity index (χ4v) is 3.93. The Hall–Kier alpha value is -1.55. The predicted molar refractivity (Wildman–Crippen MR) is 80.7 cm³/mol. The summed E-state index contributed by atoms with van der Waals surface area (Å²) >= 11 is 1.80. The second kappa shape index (κ2) is 5.44. The molecule has 1 aliphatic heterocycles. The Morgan fingerprint density at radius 1 is 1.40 bits per heavy atom. The summed E-state index contributed by atoms with van der Waals surface area (Å²) in [5, 5.41) is 9.76. The van der Waals surface area contributed by atoms with E-state index in [1.807, 2.05) is 30.4 Å². The molecule has 1 aromatic carbocycles. The Labute approximate surface area is 123 Å². The van der Waals surface area contributed by atoms with Crippen molar-refractivity contribution in [3.05, 3.63) is 42.2 Å². The van der Waals surface area contributed by atoms with E-state index in [9.17, 15) is 5.11 Å². The van der Waals surface area contributed by atoms with Crippen molar-refractivity contribution in [2.45, 2.75) is 29.6 Å². The molecule has 3 rings (SSSR count). The van der Waals surface area contributed by atoms with Gasteiger partial charge < -0.3 is 14.6 Å². The number of aliphatic hydroxyl groups excluding tert-OH is 1. The molecular formula is C16H18O3S. The zero-order chi connectivity index (χ0) is 14.1. The molecule has 4 heteroatoms. The summed E-state index contributed by atoms with van der Waals surface area (Å²) < 4.78 is 11.6. The summed E-state index contributed by atoms with van der Waals surface area (Å²) in [5.41, 5.74) is 0. The molecule has 3 nitrogen and oxygen atoms in total. The molecule has 1 N–H and O–H groups in total. The quantitative estimate of drug-likeness (QED) is 0.895. The summed E-state index contributed by atoms with van der Waals surface area (Å²) in [5.74, 6) is 2.41. The Balaban J connectivity index is 1.85. The van der Waals surface area contributed by atoms with Gasteiger partial charge in [0, 0.05) is 11.2 Å². The maximum Gasteiger partial charge on any atom is 0.137 e. The van der Waals surface area contributed by atoms with Crippen LogP contribution in [0.2, 0.25) is 0 Å². The van der Waals surface area contributed by atoms with E-state index < -0.39 is 0 Å². The molecule has 0 saturated carbocycles. The summed E-state index contributed by atoms with van der Waals surface area (Å²) in [7, 11) is 1.68. The van der Waals surface area contributed by atoms with E-state index in [0.717, 1.165) is 22.8 Å². The topological polar surface area (TPSA) is 38.7 Å². The minimum absolute atomic E-state index is 0.111. The van der Waals surface area contributed by atoms with Gasteiger partial charge in [-0.05, 0) is 37.6 Å². The summed E-state index contributed by atoms with van der Waals surface area (Å²) in [6, 6.07) is 5.90. The third-order valence-corrected chi connectivity index (χ3v) is 5.01. The van der Waals surface area contributed by atoms with Crippen molar-refractivity contribution >= 4 is 11.8 Å². The van der Waals surface area contributed by atoms with E-state index in [-0.39, 0.29) is 6.10 Å². The average molecular weight is 290 g/mol. The normalized spacial score (nSPS) is 28.3. The van der Waals surface area contributed by atoms with E-state index >= 15 is 0 Å². The van der Waals surface area contributed by atoms with Gasteiger partial charge in [-0.2, -0.15) is 0 Å². The smallest absolute Gasteiger partial charge is 0.137 e. The summed E-state index contributed by atoms with van der Waals surface area (Å²) in [4.78, 5) is 1.08. The largest absolute Gasteiger partial charge is 0.508 e. The average Bonchev–Trinajstić information content (AvgIpc) is 2.47. The third kappa shape index (κ3) is 2.40. The van der Waals surface area contributed by atoms with Gasteiger partial charge in [0.2, 0.25) is 0 Å². The van der Waals surface area contributed by atoms with Crippen LogP contribution >= 0.6 is 11.8 Å². The first kappa shape index (κ1) is 13.4. The van der Waals surface area contributed by atoms with E-state index in [1.54, 1.807) is 24.9 Å². The van der Waals surface area contributed by atoms with Gasteiger partial charge in [0.05, 0.1) is 12.0 Å². The molecule has 1 aromatic rings. The van der Waals surface area contributed by atoms with Gasteiger partial charge in [0.1, 0.15) is 23.4 Å². The molecule has 106 valence electrons. The standard InChI is InChI=1S/C16H18O3S/c1-10-15(11-6-8-12(17)9-7-11)19-14-5-3-4-13(18-2)16(14)20-10/h3-6,8-11,15,17H,7H2,1-2H3/t10-,11?,15+/m0/s1. The molecule has 0 saturated heterocycles. The molecular weight excluding hydrogens is 272 g/mol. The lowest BCUT2D eigenvalue weighted by Crippen LogP contribution is -2.37. The monoisotopic (exact) mass is 290 g/mol. The highest BCUT2D eigenvalue weighted by molar-refractivity contribution is 8.00. The minimum atomic E-state index is 0.111. The van der Waals surface area contributed by atoms with Crippen LogP contribution in [0.1, 0.15) is 13.3 Å². The van der Waals surface area contributed by atoms with Crippen molar-refractivity contribution in [2.75, 3.05) is 7.11 Å². The van der Waals surface area contributed by atoms with Gasteiger partial charge in [0.15, 0.2) is 0 Å². The van der Waals surface area contributed by atoms with Crippen LogP contribution < -0.4 is 9.47 Å². The number of ether oxygens (including phenoxy) is 2. The molecule has 0 amide bonds. The molecule has 1 aliphatic carbocycles. The van der Waals surface area contributed by atoms with Gasteiger partial charge in [-0.1, -0.05) is 12.1 Å². The molecule has 0 fully saturated rings. The van der Waals surface area contributed by atoms with Crippen LogP contribution in [-0.2, 0) is 0 Å². The van der Waals surface area contributed by atoms with Crippen LogP contribution in [-0.4, -0.2) is 23.6 Å². The van der Waals surface area contributed by atoms with Crippen LogP contribution in [0.5, 0.6) is 11.5 Å². The van der Waals surface area contributed by atoms with Crippen LogP contribution in [0, 0.1) is 5.92 Å². The van der Waals surface area contributed by atoms with Crippen molar-refractivity contribution in [3.63, 3.8) is 0 Å². The molecule has 0 radical (unpaired) electrons. The zero-order valence-electron chi connectivity index (χ0n) is 11.6. The minimum Gasteiger partial charge on any atom is -0.508 e. The van der Waals surface area contributed by atoms with E-state index in [1.165, 1.54) is 0 Å². The number of allylic oxidation sites excluding steroid dienone is 2. The van der Waals surface area contributed by atoms with E-state index in [4.69, 9.17) is 9.47 Å². The Kier molecular flexibility index (Phi) is 3.66. The lowest BCUT2D eigenvalue weighted by Gasteiger charge is -2.36. The number of aliphatic hydroxyl groups is 1. The van der Waals surface area contributed by atoms with Crippen LogP contribution in [0.4, 0.5) is 0 Å². The Bertz CT molecular complexity index is 565. The maximum absolute atomic E-state index is 9.43. The van der Waals surface area contributed by atoms with Crippen LogP contribution in [0.15, 0.2) is 47.1 Å².